The number of nitro benzene ring substituents is 1. The van der Waals surface area contributed by atoms with Crippen LogP contribution in [0.5, 0.6) is 0 Å². The summed E-state index contributed by atoms with van der Waals surface area (Å²) in [7, 11) is 0. The zero-order valence-electron chi connectivity index (χ0n) is 14.9. The van der Waals surface area contributed by atoms with Crippen LogP contribution in [-0.4, -0.2) is 15.8 Å². The van der Waals surface area contributed by atoms with Crippen molar-refractivity contribution in [2.45, 2.75) is 0 Å². The van der Waals surface area contributed by atoms with Gasteiger partial charge in [-0.15, -0.1) is 0 Å². The molecule has 0 aliphatic heterocycles. The first-order valence-corrected chi connectivity index (χ1v) is 9.98. The molecule has 4 rings (SSSR count). The Morgan fingerprint density at radius 2 is 1.83 bits per heavy atom. The summed E-state index contributed by atoms with van der Waals surface area (Å²) in [6.45, 7) is 0. The van der Waals surface area contributed by atoms with Crippen molar-refractivity contribution in [3.8, 4) is 11.5 Å². The van der Waals surface area contributed by atoms with Crippen LogP contribution in [0.1, 0.15) is 10.4 Å². The van der Waals surface area contributed by atoms with Crippen LogP contribution in [0.4, 0.5) is 11.4 Å². The summed E-state index contributed by atoms with van der Waals surface area (Å²) >= 11 is 15.7. The van der Waals surface area contributed by atoms with Gasteiger partial charge in [-0.05, 0) is 42.5 Å². The van der Waals surface area contributed by atoms with E-state index in [2.05, 4.69) is 26.2 Å². The third-order valence-corrected chi connectivity index (χ3v) is 5.36. The maximum atomic E-state index is 12.6. The van der Waals surface area contributed by atoms with E-state index in [1.807, 2.05) is 0 Å². The zero-order chi connectivity index (χ0) is 21.4. The number of carbonyl (C=O) groups excluding carboxylic acids is 1. The highest BCUT2D eigenvalue weighted by molar-refractivity contribution is 9.10. The van der Waals surface area contributed by atoms with Gasteiger partial charge in [0.1, 0.15) is 5.52 Å². The van der Waals surface area contributed by atoms with Crippen molar-refractivity contribution in [2.75, 3.05) is 5.32 Å². The standard InChI is InChI=1S/C20H10BrCl2N3O4/c21-10-1-4-16(23)14(7-10)20-25-17-8-11(2-6-18(17)30-20)24-19(27)13-9-12(26(28)29)3-5-15(13)22/h1-9H,(H,24,27). The Morgan fingerprint density at radius 3 is 2.60 bits per heavy atom. The molecule has 0 unspecified atom stereocenters. The number of amides is 1. The Morgan fingerprint density at radius 1 is 1.07 bits per heavy atom. The first-order chi connectivity index (χ1) is 14.3. The number of carbonyl (C=O) groups is 1. The largest absolute Gasteiger partial charge is 0.436 e. The molecule has 1 heterocycles. The van der Waals surface area contributed by atoms with E-state index in [-0.39, 0.29) is 16.3 Å². The van der Waals surface area contributed by atoms with E-state index in [0.29, 0.717) is 33.3 Å². The fraction of sp³-hybridized carbons (Fsp3) is 0. The van der Waals surface area contributed by atoms with Crippen LogP contribution in [0.15, 0.2) is 63.5 Å². The number of non-ortho nitro benzene ring substituents is 1. The minimum atomic E-state index is -0.594. The van der Waals surface area contributed by atoms with Crippen molar-refractivity contribution in [3.63, 3.8) is 0 Å². The van der Waals surface area contributed by atoms with Gasteiger partial charge in [-0.25, -0.2) is 4.98 Å². The minimum Gasteiger partial charge on any atom is -0.436 e. The van der Waals surface area contributed by atoms with Crippen molar-refractivity contribution in [1.82, 2.24) is 4.98 Å². The molecule has 0 saturated carbocycles. The van der Waals surface area contributed by atoms with Gasteiger partial charge in [-0.1, -0.05) is 39.1 Å². The van der Waals surface area contributed by atoms with Crippen LogP contribution in [0, 0.1) is 10.1 Å². The van der Waals surface area contributed by atoms with Crippen molar-refractivity contribution in [2.24, 2.45) is 0 Å². The number of nitrogens with one attached hydrogen (secondary N) is 1. The maximum absolute atomic E-state index is 12.6. The molecular formula is C20H10BrCl2N3O4. The van der Waals surface area contributed by atoms with Crippen LogP contribution < -0.4 is 5.32 Å². The number of halogens is 3. The molecule has 0 fully saturated rings. The van der Waals surface area contributed by atoms with Gasteiger partial charge in [0.15, 0.2) is 5.58 Å². The number of hydrogen-bond donors (Lipinski definition) is 1. The van der Waals surface area contributed by atoms with Crippen LogP contribution >= 0.6 is 39.1 Å². The Labute approximate surface area is 187 Å². The lowest BCUT2D eigenvalue weighted by Gasteiger charge is -2.06. The average Bonchev–Trinajstić information content (AvgIpc) is 3.13. The van der Waals surface area contributed by atoms with Gasteiger partial charge >= 0.3 is 0 Å². The quantitative estimate of drug-likeness (QED) is 0.244. The van der Waals surface area contributed by atoms with Gasteiger partial charge in [0.25, 0.3) is 11.6 Å². The molecule has 7 nitrogen and oxygen atoms in total. The monoisotopic (exact) mass is 505 g/mol. The fourth-order valence-electron chi connectivity index (χ4n) is 2.78. The Bertz CT molecular complexity index is 1320. The van der Waals surface area contributed by atoms with Gasteiger partial charge in [0.05, 0.1) is 26.1 Å². The van der Waals surface area contributed by atoms with E-state index in [4.69, 9.17) is 27.6 Å². The second-order valence-corrected chi connectivity index (χ2v) is 7.93. The van der Waals surface area contributed by atoms with E-state index in [1.54, 1.807) is 36.4 Å². The number of nitro groups is 1. The normalized spacial score (nSPS) is 10.9. The van der Waals surface area contributed by atoms with E-state index in [9.17, 15) is 14.9 Å². The predicted octanol–water partition coefficient (Wildman–Crippen LogP) is 6.72. The smallest absolute Gasteiger partial charge is 0.270 e. The highest BCUT2D eigenvalue weighted by Gasteiger charge is 2.17. The molecule has 10 heteroatoms. The zero-order valence-corrected chi connectivity index (χ0v) is 18.0. The molecule has 150 valence electrons. The van der Waals surface area contributed by atoms with Gasteiger partial charge < -0.3 is 9.73 Å². The molecule has 0 bridgehead atoms. The Kier molecular flexibility index (Phi) is 5.46. The average molecular weight is 507 g/mol. The minimum absolute atomic E-state index is 0.00674. The maximum Gasteiger partial charge on any atom is 0.270 e. The lowest BCUT2D eigenvalue weighted by atomic mass is 10.2. The van der Waals surface area contributed by atoms with Gasteiger partial charge in [-0.3, -0.25) is 14.9 Å². The molecule has 0 spiro atoms. The molecule has 0 atom stereocenters. The van der Waals surface area contributed by atoms with Crippen LogP contribution in [0.25, 0.3) is 22.6 Å². The second kappa shape index (κ2) is 8.06. The number of aromatic nitrogens is 1. The predicted molar refractivity (Wildman–Crippen MR) is 118 cm³/mol. The summed E-state index contributed by atoms with van der Waals surface area (Å²) in [6.07, 6.45) is 0. The van der Waals surface area contributed by atoms with Crippen LogP contribution in [0.3, 0.4) is 0 Å². The van der Waals surface area contributed by atoms with E-state index < -0.39 is 10.8 Å². The van der Waals surface area contributed by atoms with E-state index in [1.165, 1.54) is 12.1 Å². The molecule has 30 heavy (non-hydrogen) atoms. The van der Waals surface area contributed by atoms with Crippen molar-refractivity contribution in [3.05, 3.63) is 84.8 Å². The van der Waals surface area contributed by atoms with Crippen LogP contribution in [0.2, 0.25) is 10.0 Å². The molecule has 1 amide bonds. The summed E-state index contributed by atoms with van der Waals surface area (Å²) in [5.41, 5.74) is 1.82. The number of benzene rings is 3. The van der Waals surface area contributed by atoms with Crippen molar-refractivity contribution < 1.29 is 14.1 Å². The SMILES string of the molecule is O=C(Nc1ccc2oc(-c3cc(Br)ccc3Cl)nc2c1)c1cc([N+](=O)[O-])ccc1Cl. The topological polar surface area (TPSA) is 98.3 Å². The molecule has 0 aliphatic rings. The summed E-state index contributed by atoms with van der Waals surface area (Å²) in [4.78, 5) is 27.4. The Balaban J connectivity index is 1.65. The molecule has 0 radical (unpaired) electrons. The number of hydrogen-bond acceptors (Lipinski definition) is 5. The van der Waals surface area contributed by atoms with E-state index >= 15 is 0 Å². The fourth-order valence-corrected chi connectivity index (χ4v) is 3.54. The van der Waals surface area contributed by atoms with Gasteiger partial charge in [0, 0.05) is 22.3 Å². The first kappa shape index (κ1) is 20.3. The second-order valence-electron chi connectivity index (χ2n) is 6.20. The molecular weight excluding hydrogens is 497 g/mol. The molecule has 0 aliphatic carbocycles. The lowest BCUT2D eigenvalue weighted by molar-refractivity contribution is -0.384. The summed E-state index contributed by atoms with van der Waals surface area (Å²) in [5, 5.41) is 14.2. The van der Waals surface area contributed by atoms with Gasteiger partial charge in [0.2, 0.25) is 5.89 Å². The summed E-state index contributed by atoms with van der Waals surface area (Å²) < 4.78 is 6.60. The number of rotatable bonds is 4. The lowest BCUT2D eigenvalue weighted by Crippen LogP contribution is -2.12. The number of oxazole rings is 1. The highest BCUT2D eigenvalue weighted by atomic mass is 79.9. The number of fused-ring (bicyclic) bond motifs is 1. The molecule has 4 aromatic rings. The molecule has 3 aromatic carbocycles. The van der Waals surface area contributed by atoms with Gasteiger partial charge in [-0.2, -0.15) is 0 Å². The summed E-state index contributed by atoms with van der Waals surface area (Å²) in [6, 6.07) is 13.9. The molecule has 1 aromatic heterocycles. The number of nitrogens with zero attached hydrogens (tertiary/aromatic N) is 2. The Hall–Kier alpha value is -2.94. The first-order valence-electron chi connectivity index (χ1n) is 8.43. The molecule has 1 N–H and O–H groups in total. The highest BCUT2D eigenvalue weighted by Crippen LogP contribution is 2.33. The van der Waals surface area contributed by atoms with E-state index in [0.717, 1.165) is 10.5 Å². The summed E-state index contributed by atoms with van der Waals surface area (Å²) in [5.74, 6) is -0.247. The number of anilines is 1. The molecule has 0 saturated heterocycles. The van der Waals surface area contributed by atoms with Crippen molar-refractivity contribution >= 4 is 67.5 Å². The van der Waals surface area contributed by atoms with Crippen LogP contribution in [-0.2, 0) is 0 Å². The van der Waals surface area contributed by atoms with Crippen molar-refractivity contribution in [1.29, 1.82) is 0 Å². The third kappa shape index (κ3) is 4.02. The third-order valence-electron chi connectivity index (χ3n) is 4.21.